The number of carbonyl (C=O) groups is 1. The van der Waals surface area contributed by atoms with Gasteiger partial charge in [0.2, 0.25) is 0 Å². The van der Waals surface area contributed by atoms with Crippen LogP contribution < -0.4 is 0 Å². The van der Waals surface area contributed by atoms with Gasteiger partial charge >= 0.3 is 5.97 Å². The number of esters is 1. The molecule has 0 aliphatic heterocycles. The summed E-state index contributed by atoms with van der Waals surface area (Å²) >= 11 is 8.15. The highest BCUT2D eigenvalue weighted by Gasteiger charge is 2.12. The molecule has 3 nitrogen and oxygen atoms in total. The monoisotopic (exact) mass is 223 g/mol. The molecule has 1 atom stereocenters. The van der Waals surface area contributed by atoms with Gasteiger partial charge in [-0.05, 0) is 19.8 Å². The number of thiol groups is 2. The summed E-state index contributed by atoms with van der Waals surface area (Å²) in [6, 6.07) is 0.219. The van der Waals surface area contributed by atoms with Gasteiger partial charge in [0.1, 0.15) is 0 Å². The van der Waals surface area contributed by atoms with Gasteiger partial charge in [-0.2, -0.15) is 3.71 Å². The van der Waals surface area contributed by atoms with Crippen LogP contribution in [0.5, 0.6) is 0 Å². The zero-order valence-corrected chi connectivity index (χ0v) is 9.85. The van der Waals surface area contributed by atoms with Crippen LogP contribution in [-0.4, -0.2) is 22.3 Å². The van der Waals surface area contributed by atoms with Crippen molar-refractivity contribution in [2.75, 3.05) is 6.61 Å². The van der Waals surface area contributed by atoms with Crippen LogP contribution in [0.3, 0.4) is 0 Å². The molecule has 0 saturated carbocycles. The van der Waals surface area contributed by atoms with E-state index in [9.17, 15) is 4.79 Å². The van der Waals surface area contributed by atoms with Crippen LogP contribution in [-0.2, 0) is 9.53 Å². The first kappa shape index (κ1) is 13.1. The Labute approximate surface area is 90.9 Å². The quantitative estimate of drug-likeness (QED) is 0.534. The largest absolute Gasteiger partial charge is 0.466 e. The molecule has 0 spiro atoms. The summed E-state index contributed by atoms with van der Waals surface area (Å²) < 4.78 is 6.35. The van der Waals surface area contributed by atoms with Crippen molar-refractivity contribution in [3.05, 3.63) is 0 Å². The van der Waals surface area contributed by atoms with Crippen LogP contribution in [0.2, 0.25) is 0 Å². The molecule has 78 valence electrons. The number of ether oxygens (including phenoxy) is 1. The Morgan fingerprint density at radius 2 is 2.08 bits per heavy atom. The van der Waals surface area contributed by atoms with E-state index in [-0.39, 0.29) is 12.0 Å². The standard InChI is InChI=1S/C8H17NO2S2/c1-3-7(9(12)13)5-6-8(10)11-4-2/h7,12-13H,3-6H2,1-2H3. The third-order valence-corrected chi connectivity index (χ3v) is 2.44. The van der Waals surface area contributed by atoms with Crippen molar-refractivity contribution in [1.82, 2.24) is 3.71 Å². The second kappa shape index (κ2) is 7.53. The van der Waals surface area contributed by atoms with Crippen molar-refractivity contribution in [2.45, 2.75) is 39.2 Å². The second-order valence-corrected chi connectivity index (χ2v) is 3.90. The molecule has 0 bridgehead atoms. The second-order valence-electron chi connectivity index (χ2n) is 2.73. The van der Waals surface area contributed by atoms with E-state index in [1.54, 1.807) is 10.6 Å². The molecule has 0 heterocycles. The molecule has 0 aromatic carbocycles. The minimum absolute atomic E-state index is 0.149. The Morgan fingerprint density at radius 3 is 2.46 bits per heavy atom. The third-order valence-electron chi connectivity index (χ3n) is 1.78. The first-order valence-corrected chi connectivity index (χ1v) is 5.24. The minimum Gasteiger partial charge on any atom is -0.466 e. The minimum atomic E-state index is -0.149. The van der Waals surface area contributed by atoms with Crippen LogP contribution in [0.4, 0.5) is 0 Å². The SMILES string of the molecule is CCOC(=O)CCC(CC)N(S)S. The van der Waals surface area contributed by atoms with Gasteiger partial charge in [-0.15, -0.1) is 0 Å². The Kier molecular flexibility index (Phi) is 7.60. The average Bonchev–Trinajstić information content (AvgIpc) is 2.05. The number of nitrogens with zero attached hydrogens (tertiary/aromatic N) is 1. The molecular weight excluding hydrogens is 206 g/mol. The Morgan fingerprint density at radius 1 is 1.46 bits per heavy atom. The normalized spacial score (nSPS) is 13.0. The highest BCUT2D eigenvalue weighted by molar-refractivity contribution is 7.93. The summed E-state index contributed by atoms with van der Waals surface area (Å²) in [5.41, 5.74) is 0. The molecule has 0 N–H and O–H groups in total. The lowest BCUT2D eigenvalue weighted by Crippen LogP contribution is -2.20. The van der Waals surface area contributed by atoms with Gasteiger partial charge in [-0.25, -0.2) is 0 Å². The molecule has 5 heteroatoms. The molecule has 0 radical (unpaired) electrons. The van der Waals surface area contributed by atoms with Crippen molar-refractivity contribution >= 4 is 31.6 Å². The summed E-state index contributed by atoms with van der Waals surface area (Å²) in [4.78, 5) is 11.0. The zero-order chi connectivity index (χ0) is 10.3. The maximum atomic E-state index is 11.0. The van der Waals surface area contributed by atoms with Crippen molar-refractivity contribution < 1.29 is 9.53 Å². The van der Waals surface area contributed by atoms with Gasteiger partial charge in [0.15, 0.2) is 0 Å². The third kappa shape index (κ3) is 6.23. The molecule has 0 saturated heterocycles. The van der Waals surface area contributed by atoms with Crippen LogP contribution in [0.15, 0.2) is 0 Å². The molecule has 0 amide bonds. The van der Waals surface area contributed by atoms with Gasteiger partial charge in [0, 0.05) is 12.5 Å². The number of rotatable bonds is 6. The average molecular weight is 223 g/mol. The topological polar surface area (TPSA) is 29.5 Å². The van der Waals surface area contributed by atoms with E-state index in [0.29, 0.717) is 13.0 Å². The fraction of sp³-hybridized carbons (Fsp3) is 0.875. The lowest BCUT2D eigenvalue weighted by atomic mass is 10.1. The van der Waals surface area contributed by atoms with Gasteiger partial charge in [-0.3, -0.25) is 4.79 Å². The highest BCUT2D eigenvalue weighted by Crippen LogP contribution is 2.15. The number of hydrogen-bond donors (Lipinski definition) is 2. The maximum absolute atomic E-state index is 11.0. The highest BCUT2D eigenvalue weighted by atomic mass is 32.2. The number of carbonyl (C=O) groups excluding carboxylic acids is 1. The summed E-state index contributed by atoms with van der Waals surface area (Å²) in [6.45, 7) is 4.29. The van der Waals surface area contributed by atoms with E-state index in [1.807, 2.05) is 6.92 Å². The van der Waals surface area contributed by atoms with E-state index >= 15 is 0 Å². The van der Waals surface area contributed by atoms with Crippen molar-refractivity contribution in [3.8, 4) is 0 Å². The predicted octanol–water partition coefficient (Wildman–Crippen LogP) is 2.10. The van der Waals surface area contributed by atoms with Gasteiger partial charge < -0.3 is 4.74 Å². The molecule has 1 unspecified atom stereocenters. The molecule has 13 heavy (non-hydrogen) atoms. The Hall–Kier alpha value is 0.130. The maximum Gasteiger partial charge on any atom is 0.305 e. The molecule has 0 aliphatic rings. The van der Waals surface area contributed by atoms with Crippen LogP contribution in [0.1, 0.15) is 33.1 Å². The Bertz CT molecular complexity index is 153. The van der Waals surface area contributed by atoms with Gasteiger partial charge in [0.05, 0.1) is 6.61 Å². The van der Waals surface area contributed by atoms with Crippen LogP contribution in [0.25, 0.3) is 0 Å². The van der Waals surface area contributed by atoms with Gasteiger partial charge in [0.25, 0.3) is 0 Å². The van der Waals surface area contributed by atoms with Crippen molar-refractivity contribution in [2.24, 2.45) is 0 Å². The molecule has 0 aliphatic carbocycles. The van der Waals surface area contributed by atoms with E-state index in [0.717, 1.165) is 12.8 Å². The number of hydrogen-bond acceptors (Lipinski definition) is 5. The molecular formula is C8H17NO2S2. The fourth-order valence-electron chi connectivity index (χ4n) is 1.00. The molecule has 0 aromatic heterocycles. The van der Waals surface area contributed by atoms with Crippen molar-refractivity contribution in [3.63, 3.8) is 0 Å². The van der Waals surface area contributed by atoms with Gasteiger partial charge in [-0.1, -0.05) is 32.6 Å². The van der Waals surface area contributed by atoms with Crippen LogP contribution >= 0.6 is 25.6 Å². The van der Waals surface area contributed by atoms with E-state index in [2.05, 4.69) is 25.6 Å². The van der Waals surface area contributed by atoms with Crippen LogP contribution in [0, 0.1) is 0 Å². The Balaban J connectivity index is 3.65. The lowest BCUT2D eigenvalue weighted by molar-refractivity contribution is -0.143. The first-order valence-electron chi connectivity index (χ1n) is 4.44. The molecule has 0 rings (SSSR count). The van der Waals surface area contributed by atoms with Crippen molar-refractivity contribution in [1.29, 1.82) is 0 Å². The predicted molar refractivity (Wildman–Crippen MR) is 59.8 cm³/mol. The summed E-state index contributed by atoms with van der Waals surface area (Å²) in [7, 11) is 0. The first-order chi connectivity index (χ1) is 6.11. The summed E-state index contributed by atoms with van der Waals surface area (Å²) in [5, 5.41) is 0. The lowest BCUT2D eigenvalue weighted by Gasteiger charge is -2.19. The molecule has 0 aromatic rings. The summed E-state index contributed by atoms with van der Waals surface area (Å²) in [6.07, 6.45) is 2.10. The summed E-state index contributed by atoms with van der Waals surface area (Å²) in [5.74, 6) is -0.149. The van der Waals surface area contributed by atoms with E-state index in [4.69, 9.17) is 4.74 Å². The fourth-order valence-corrected chi connectivity index (χ4v) is 1.56. The van der Waals surface area contributed by atoms with E-state index < -0.39 is 0 Å². The smallest absolute Gasteiger partial charge is 0.305 e. The van der Waals surface area contributed by atoms with E-state index in [1.165, 1.54) is 0 Å². The zero-order valence-electron chi connectivity index (χ0n) is 8.06. The molecule has 0 fully saturated rings.